The van der Waals surface area contributed by atoms with Gasteiger partial charge in [-0.05, 0) is 49.2 Å². The van der Waals surface area contributed by atoms with Crippen LogP contribution in [0.25, 0.3) is 0 Å². The number of amides is 1. The van der Waals surface area contributed by atoms with Crippen LogP contribution in [0.4, 0.5) is 17.2 Å². The topological polar surface area (TPSA) is 70.6 Å². The van der Waals surface area contributed by atoms with Crippen molar-refractivity contribution in [2.45, 2.75) is 19.0 Å². The van der Waals surface area contributed by atoms with E-state index >= 15 is 0 Å². The lowest BCUT2D eigenvalue weighted by Gasteiger charge is -2.37. The molecule has 0 saturated carbocycles. The largest absolute Gasteiger partial charge is 0.497 e. The van der Waals surface area contributed by atoms with Crippen molar-refractivity contribution in [2.75, 3.05) is 54.2 Å². The van der Waals surface area contributed by atoms with Crippen molar-refractivity contribution in [1.29, 1.82) is 0 Å². The van der Waals surface area contributed by atoms with Gasteiger partial charge in [-0.2, -0.15) is 0 Å². The van der Waals surface area contributed by atoms with Crippen LogP contribution in [0.15, 0.2) is 59.9 Å². The van der Waals surface area contributed by atoms with Crippen LogP contribution in [0, 0.1) is 13.8 Å². The Morgan fingerprint density at radius 1 is 1.06 bits per heavy atom. The normalized spacial score (nSPS) is 13.7. The molecular formula is C25H29N5O2S. The van der Waals surface area contributed by atoms with Crippen molar-refractivity contribution in [3.63, 3.8) is 0 Å². The lowest BCUT2D eigenvalue weighted by atomic mass is 10.1. The van der Waals surface area contributed by atoms with E-state index in [1.165, 1.54) is 28.6 Å². The summed E-state index contributed by atoms with van der Waals surface area (Å²) >= 11 is 1.33. The number of nitrogens with one attached hydrogen (secondary N) is 1. The van der Waals surface area contributed by atoms with Crippen LogP contribution in [-0.4, -0.2) is 54.9 Å². The lowest BCUT2D eigenvalue weighted by molar-refractivity contribution is -0.113. The molecule has 0 aliphatic carbocycles. The predicted molar refractivity (Wildman–Crippen MR) is 135 cm³/mol. The van der Waals surface area contributed by atoms with Crippen LogP contribution in [0.3, 0.4) is 0 Å². The van der Waals surface area contributed by atoms with Crippen LogP contribution in [-0.2, 0) is 4.79 Å². The third kappa shape index (κ3) is 5.96. The van der Waals surface area contributed by atoms with Gasteiger partial charge in [0.25, 0.3) is 0 Å². The zero-order valence-corrected chi connectivity index (χ0v) is 20.1. The van der Waals surface area contributed by atoms with Gasteiger partial charge >= 0.3 is 0 Å². The maximum absolute atomic E-state index is 12.3. The number of carbonyl (C=O) groups is 1. The molecule has 1 aromatic heterocycles. The molecular weight excluding hydrogens is 434 g/mol. The minimum absolute atomic E-state index is 0.107. The van der Waals surface area contributed by atoms with Crippen molar-refractivity contribution >= 4 is 34.9 Å². The number of methoxy groups -OCH3 is 1. The Morgan fingerprint density at radius 2 is 1.85 bits per heavy atom. The van der Waals surface area contributed by atoms with Gasteiger partial charge in [-0.15, -0.1) is 0 Å². The number of carbonyl (C=O) groups excluding carboxylic acids is 1. The Labute approximate surface area is 199 Å². The molecule has 0 atom stereocenters. The second kappa shape index (κ2) is 10.6. The second-order valence-electron chi connectivity index (χ2n) is 8.03. The summed E-state index contributed by atoms with van der Waals surface area (Å²) in [5.41, 5.74) is 4.61. The highest BCUT2D eigenvalue weighted by Crippen LogP contribution is 2.25. The first kappa shape index (κ1) is 22.9. The van der Waals surface area contributed by atoms with Crippen LogP contribution in [0.1, 0.15) is 11.1 Å². The number of aryl methyl sites for hydroxylation is 2. The molecule has 172 valence electrons. The first-order valence-corrected chi connectivity index (χ1v) is 12.0. The van der Waals surface area contributed by atoms with Crippen LogP contribution in [0.5, 0.6) is 5.75 Å². The Bertz CT molecular complexity index is 1120. The van der Waals surface area contributed by atoms with Crippen molar-refractivity contribution in [1.82, 2.24) is 9.97 Å². The molecule has 33 heavy (non-hydrogen) atoms. The molecule has 2 heterocycles. The van der Waals surface area contributed by atoms with E-state index in [1.54, 1.807) is 19.4 Å². The molecule has 1 aliphatic heterocycles. The number of thioether (sulfide) groups is 1. The smallest absolute Gasteiger partial charge is 0.234 e. The van der Waals surface area contributed by atoms with E-state index < -0.39 is 0 Å². The van der Waals surface area contributed by atoms with Crippen molar-refractivity contribution in [2.24, 2.45) is 0 Å². The SMILES string of the molecule is COc1cccc(NC(=O)CSc2nccc(N3CCN(c4cc(C)ccc4C)CC3)n2)c1. The molecule has 0 radical (unpaired) electrons. The third-order valence-electron chi connectivity index (χ3n) is 5.61. The summed E-state index contributed by atoms with van der Waals surface area (Å²) in [5, 5.41) is 3.48. The third-order valence-corrected chi connectivity index (χ3v) is 6.48. The summed E-state index contributed by atoms with van der Waals surface area (Å²) in [5.74, 6) is 1.74. The van der Waals surface area contributed by atoms with Gasteiger partial charge in [0.15, 0.2) is 5.16 Å². The molecule has 0 spiro atoms. The summed E-state index contributed by atoms with van der Waals surface area (Å²) in [4.78, 5) is 26.1. The Hall–Kier alpha value is -3.26. The highest BCUT2D eigenvalue weighted by atomic mass is 32.2. The molecule has 8 heteroatoms. The number of piperazine rings is 1. The van der Waals surface area contributed by atoms with E-state index in [1.807, 2.05) is 24.3 Å². The van der Waals surface area contributed by atoms with Gasteiger partial charge in [-0.3, -0.25) is 4.79 Å². The maximum atomic E-state index is 12.3. The summed E-state index contributed by atoms with van der Waals surface area (Å²) in [7, 11) is 1.60. The minimum atomic E-state index is -0.107. The number of nitrogens with zero attached hydrogens (tertiary/aromatic N) is 4. The quantitative estimate of drug-likeness (QED) is 0.417. The molecule has 0 unspecified atom stereocenters. The van der Waals surface area contributed by atoms with Gasteiger partial charge < -0.3 is 19.9 Å². The van der Waals surface area contributed by atoms with Crippen molar-refractivity contribution in [3.05, 3.63) is 65.9 Å². The molecule has 1 saturated heterocycles. The van der Waals surface area contributed by atoms with Gasteiger partial charge in [0, 0.05) is 49.8 Å². The van der Waals surface area contributed by atoms with Crippen LogP contribution < -0.4 is 19.9 Å². The molecule has 1 fully saturated rings. The Balaban J connectivity index is 1.31. The van der Waals surface area contributed by atoms with Gasteiger partial charge in [0.05, 0.1) is 12.9 Å². The van der Waals surface area contributed by atoms with Gasteiger partial charge in [-0.25, -0.2) is 9.97 Å². The first-order chi connectivity index (χ1) is 16.0. The van der Waals surface area contributed by atoms with Crippen molar-refractivity contribution < 1.29 is 9.53 Å². The van der Waals surface area contributed by atoms with Crippen LogP contribution in [0.2, 0.25) is 0 Å². The minimum Gasteiger partial charge on any atom is -0.497 e. The maximum Gasteiger partial charge on any atom is 0.234 e. The van der Waals surface area contributed by atoms with Gasteiger partial charge in [0.2, 0.25) is 5.91 Å². The van der Waals surface area contributed by atoms with Crippen molar-refractivity contribution in [3.8, 4) is 5.75 Å². The van der Waals surface area contributed by atoms with Gasteiger partial charge in [0.1, 0.15) is 11.6 Å². The summed E-state index contributed by atoms with van der Waals surface area (Å²) in [6, 6.07) is 15.9. The highest BCUT2D eigenvalue weighted by molar-refractivity contribution is 7.99. The van der Waals surface area contributed by atoms with Gasteiger partial charge in [-0.1, -0.05) is 30.0 Å². The summed E-state index contributed by atoms with van der Waals surface area (Å²) in [6.07, 6.45) is 1.77. The fraction of sp³-hybridized carbons (Fsp3) is 0.320. The number of aromatic nitrogens is 2. The lowest BCUT2D eigenvalue weighted by Crippen LogP contribution is -2.47. The predicted octanol–water partition coefficient (Wildman–Crippen LogP) is 4.16. The number of anilines is 3. The highest BCUT2D eigenvalue weighted by Gasteiger charge is 2.20. The Morgan fingerprint density at radius 3 is 2.64 bits per heavy atom. The second-order valence-corrected chi connectivity index (χ2v) is 8.97. The van der Waals surface area contributed by atoms with E-state index in [2.05, 4.69) is 52.1 Å². The standard InChI is InChI=1S/C25H29N5O2S/c1-18-7-8-19(2)22(15-18)29-11-13-30(14-12-29)23-9-10-26-25(28-23)33-17-24(31)27-20-5-4-6-21(16-20)32-3/h4-10,15-16H,11-14,17H2,1-3H3,(H,27,31). The zero-order valence-electron chi connectivity index (χ0n) is 19.2. The van der Waals surface area contributed by atoms with E-state index in [9.17, 15) is 4.79 Å². The number of hydrogen-bond acceptors (Lipinski definition) is 7. The molecule has 2 aromatic carbocycles. The number of ether oxygens (including phenoxy) is 1. The molecule has 1 amide bonds. The average Bonchev–Trinajstić information content (AvgIpc) is 2.85. The fourth-order valence-corrected chi connectivity index (χ4v) is 4.47. The Kier molecular flexibility index (Phi) is 7.34. The van der Waals surface area contributed by atoms with E-state index in [4.69, 9.17) is 9.72 Å². The fourth-order valence-electron chi connectivity index (χ4n) is 3.84. The number of benzene rings is 2. The molecule has 7 nitrogen and oxygen atoms in total. The van der Waals surface area contributed by atoms with E-state index in [0.717, 1.165) is 32.0 Å². The zero-order chi connectivity index (χ0) is 23.2. The van der Waals surface area contributed by atoms with E-state index in [-0.39, 0.29) is 11.7 Å². The molecule has 1 aliphatic rings. The average molecular weight is 464 g/mol. The van der Waals surface area contributed by atoms with E-state index in [0.29, 0.717) is 16.6 Å². The molecule has 3 aromatic rings. The summed E-state index contributed by atoms with van der Waals surface area (Å²) < 4.78 is 5.20. The number of hydrogen-bond donors (Lipinski definition) is 1. The summed E-state index contributed by atoms with van der Waals surface area (Å²) in [6.45, 7) is 7.98. The molecule has 4 rings (SSSR count). The monoisotopic (exact) mass is 463 g/mol. The molecule has 1 N–H and O–H groups in total. The molecule has 0 bridgehead atoms. The van der Waals surface area contributed by atoms with Crippen LogP contribution >= 0.6 is 11.8 Å². The number of rotatable bonds is 7. The first-order valence-electron chi connectivity index (χ1n) is 11.0.